The van der Waals surface area contributed by atoms with Crippen molar-refractivity contribution in [1.29, 1.82) is 0 Å². The number of ether oxygens (including phenoxy) is 1. The van der Waals surface area contributed by atoms with E-state index in [-0.39, 0.29) is 17.7 Å². The second-order valence-corrected chi connectivity index (χ2v) is 9.23. The van der Waals surface area contributed by atoms with E-state index in [1.165, 1.54) is 0 Å². The quantitative estimate of drug-likeness (QED) is 0.383. The first-order valence-electron chi connectivity index (χ1n) is 11.2. The molecule has 2 aromatic carbocycles. The fourth-order valence-electron chi connectivity index (χ4n) is 3.02. The van der Waals surface area contributed by atoms with Crippen LogP contribution in [0.5, 0.6) is 5.75 Å². The van der Waals surface area contributed by atoms with Crippen LogP contribution >= 0.6 is 0 Å². The van der Waals surface area contributed by atoms with Gasteiger partial charge in [0.05, 0.1) is 6.61 Å². The van der Waals surface area contributed by atoms with Crippen LogP contribution in [0.2, 0.25) is 0 Å². The number of hydrazine groups is 1. The Hall–Kier alpha value is -3.35. The lowest BCUT2D eigenvalue weighted by atomic mass is 9.87. The first-order chi connectivity index (χ1) is 15.5. The first kappa shape index (κ1) is 25.9. The molecule has 0 bridgehead atoms. The molecule has 0 spiro atoms. The number of rotatable bonds is 9. The van der Waals surface area contributed by atoms with Gasteiger partial charge >= 0.3 is 0 Å². The third-order valence-corrected chi connectivity index (χ3v) is 5.39. The van der Waals surface area contributed by atoms with E-state index in [9.17, 15) is 14.4 Å². The van der Waals surface area contributed by atoms with Crippen LogP contribution in [-0.2, 0) is 9.59 Å². The number of carbonyl (C=O) groups excluding carboxylic acids is 3. The summed E-state index contributed by atoms with van der Waals surface area (Å²) in [5.74, 6) is -0.0762. The van der Waals surface area contributed by atoms with Crippen molar-refractivity contribution in [2.45, 2.75) is 54.4 Å². The Morgan fingerprint density at radius 2 is 1.64 bits per heavy atom. The highest BCUT2D eigenvalue weighted by Crippen LogP contribution is 2.24. The van der Waals surface area contributed by atoms with Crippen molar-refractivity contribution in [1.82, 2.24) is 10.9 Å². The molecule has 7 heteroatoms. The summed E-state index contributed by atoms with van der Waals surface area (Å²) in [4.78, 5) is 36.7. The molecule has 0 saturated carbocycles. The lowest BCUT2D eigenvalue weighted by molar-refractivity contribution is -0.130. The third-order valence-electron chi connectivity index (χ3n) is 5.39. The highest BCUT2D eigenvalue weighted by molar-refractivity contribution is 5.97. The van der Waals surface area contributed by atoms with E-state index in [1.54, 1.807) is 38.1 Å². The van der Waals surface area contributed by atoms with Crippen LogP contribution in [0.15, 0.2) is 42.5 Å². The summed E-state index contributed by atoms with van der Waals surface area (Å²) >= 11 is 0. The molecule has 7 nitrogen and oxygen atoms in total. The molecule has 0 fully saturated rings. The zero-order valence-electron chi connectivity index (χ0n) is 20.4. The van der Waals surface area contributed by atoms with Crippen LogP contribution < -0.4 is 20.9 Å². The van der Waals surface area contributed by atoms with Crippen LogP contribution in [-0.4, -0.2) is 24.3 Å². The zero-order chi connectivity index (χ0) is 24.6. The molecular weight excluding hydrogens is 418 g/mol. The fourth-order valence-corrected chi connectivity index (χ4v) is 3.02. The summed E-state index contributed by atoms with van der Waals surface area (Å²) < 4.78 is 5.87. The van der Waals surface area contributed by atoms with Gasteiger partial charge in [0.2, 0.25) is 11.8 Å². The van der Waals surface area contributed by atoms with E-state index >= 15 is 0 Å². The van der Waals surface area contributed by atoms with E-state index in [0.717, 1.165) is 16.9 Å². The largest absolute Gasteiger partial charge is 0.493 e. The van der Waals surface area contributed by atoms with Gasteiger partial charge in [0.25, 0.3) is 5.91 Å². The monoisotopic (exact) mass is 453 g/mol. The zero-order valence-corrected chi connectivity index (χ0v) is 20.4. The molecule has 0 aliphatic rings. The highest BCUT2D eigenvalue weighted by Gasteiger charge is 2.27. The first-order valence-corrected chi connectivity index (χ1v) is 11.2. The summed E-state index contributed by atoms with van der Waals surface area (Å²) in [6, 6.07) is 12.6. The van der Waals surface area contributed by atoms with Crippen LogP contribution in [0.25, 0.3) is 0 Å². The maximum Gasteiger partial charge on any atom is 0.269 e. The molecule has 0 atom stereocenters. The van der Waals surface area contributed by atoms with Gasteiger partial charge in [0.1, 0.15) is 5.75 Å². The molecule has 33 heavy (non-hydrogen) atoms. The van der Waals surface area contributed by atoms with E-state index < -0.39 is 11.3 Å². The average molecular weight is 454 g/mol. The number of aryl methyl sites for hydroxylation is 2. The standard InChI is InChI=1S/C26H35N3O4/c1-17(2)23(30)27-21-12-10-20(11-13-21)24(31)28-29-25(32)26(5,6)14-7-15-33-22-16-18(3)8-9-19(22)4/h8-13,16-17H,7,14-15H2,1-6H3,(H,27,30)(H,28,31)(H,29,32). The predicted molar refractivity (Wildman–Crippen MR) is 130 cm³/mol. The van der Waals surface area contributed by atoms with Gasteiger partial charge in [-0.25, -0.2) is 0 Å². The number of nitrogens with one attached hydrogen (secondary N) is 3. The Morgan fingerprint density at radius 3 is 2.27 bits per heavy atom. The van der Waals surface area contributed by atoms with Crippen molar-refractivity contribution in [3.63, 3.8) is 0 Å². The summed E-state index contributed by atoms with van der Waals surface area (Å²) in [5, 5.41) is 2.77. The molecule has 0 aliphatic carbocycles. The predicted octanol–water partition coefficient (Wildman–Crippen LogP) is 4.54. The summed E-state index contributed by atoms with van der Waals surface area (Å²) in [5.41, 5.74) is 7.49. The lowest BCUT2D eigenvalue weighted by Gasteiger charge is -2.23. The van der Waals surface area contributed by atoms with Gasteiger partial charge in [0, 0.05) is 22.6 Å². The van der Waals surface area contributed by atoms with E-state index in [0.29, 0.717) is 30.7 Å². The molecule has 2 rings (SSSR count). The van der Waals surface area contributed by atoms with Crippen molar-refractivity contribution >= 4 is 23.4 Å². The number of anilines is 1. The Labute approximate surface area is 196 Å². The van der Waals surface area contributed by atoms with Gasteiger partial charge in [-0.1, -0.05) is 39.8 Å². The summed E-state index contributed by atoms with van der Waals surface area (Å²) in [6.07, 6.45) is 1.30. The molecule has 0 aliphatic heterocycles. The number of amides is 3. The molecule has 0 aromatic heterocycles. The minimum Gasteiger partial charge on any atom is -0.493 e. The molecular formula is C26H35N3O4. The smallest absolute Gasteiger partial charge is 0.269 e. The summed E-state index contributed by atoms with van der Waals surface area (Å²) in [7, 11) is 0. The van der Waals surface area contributed by atoms with E-state index in [1.807, 2.05) is 45.9 Å². The van der Waals surface area contributed by atoms with Crippen molar-refractivity contribution < 1.29 is 19.1 Å². The Balaban J connectivity index is 1.79. The van der Waals surface area contributed by atoms with Gasteiger partial charge in [-0.15, -0.1) is 0 Å². The van der Waals surface area contributed by atoms with Crippen molar-refractivity contribution in [3.05, 3.63) is 59.2 Å². The second-order valence-electron chi connectivity index (χ2n) is 9.23. The number of hydrogen-bond acceptors (Lipinski definition) is 4. The number of carbonyl (C=O) groups is 3. The topological polar surface area (TPSA) is 96.5 Å². The maximum atomic E-state index is 12.6. The molecule has 0 radical (unpaired) electrons. The van der Waals surface area contributed by atoms with E-state index in [2.05, 4.69) is 16.2 Å². The second kappa shape index (κ2) is 11.5. The van der Waals surface area contributed by atoms with Crippen molar-refractivity contribution in [3.8, 4) is 5.75 Å². The maximum absolute atomic E-state index is 12.6. The lowest BCUT2D eigenvalue weighted by Crippen LogP contribution is -2.47. The van der Waals surface area contributed by atoms with Crippen LogP contribution in [0.4, 0.5) is 5.69 Å². The number of benzene rings is 2. The van der Waals surface area contributed by atoms with Crippen LogP contribution in [0, 0.1) is 25.2 Å². The SMILES string of the molecule is Cc1ccc(C)c(OCCCC(C)(C)C(=O)NNC(=O)c2ccc(NC(=O)C(C)C)cc2)c1. The Bertz CT molecular complexity index is 982. The molecule has 0 saturated heterocycles. The summed E-state index contributed by atoms with van der Waals surface area (Å²) in [6.45, 7) is 11.8. The van der Waals surface area contributed by atoms with Crippen LogP contribution in [0.1, 0.15) is 62.0 Å². The molecule has 3 N–H and O–H groups in total. The highest BCUT2D eigenvalue weighted by atomic mass is 16.5. The molecule has 2 aromatic rings. The van der Waals surface area contributed by atoms with Gasteiger partial charge in [-0.2, -0.15) is 0 Å². The van der Waals surface area contributed by atoms with Crippen molar-refractivity contribution in [2.75, 3.05) is 11.9 Å². The molecule has 178 valence electrons. The average Bonchev–Trinajstić information content (AvgIpc) is 2.77. The van der Waals surface area contributed by atoms with Gasteiger partial charge in [-0.3, -0.25) is 25.2 Å². The Kier molecular flexibility index (Phi) is 9.02. The molecule has 0 unspecified atom stereocenters. The molecule has 3 amide bonds. The third kappa shape index (κ3) is 7.93. The Morgan fingerprint density at radius 1 is 0.970 bits per heavy atom. The van der Waals surface area contributed by atoms with Gasteiger partial charge < -0.3 is 10.1 Å². The van der Waals surface area contributed by atoms with Crippen LogP contribution in [0.3, 0.4) is 0 Å². The van der Waals surface area contributed by atoms with Gasteiger partial charge in [0.15, 0.2) is 0 Å². The minimum absolute atomic E-state index is 0.0962. The normalized spacial score (nSPS) is 11.1. The minimum atomic E-state index is -0.677. The number of hydrogen-bond donors (Lipinski definition) is 3. The molecule has 0 heterocycles. The fraction of sp³-hybridized carbons (Fsp3) is 0.423. The van der Waals surface area contributed by atoms with E-state index in [4.69, 9.17) is 4.74 Å². The van der Waals surface area contributed by atoms with Crippen molar-refractivity contribution in [2.24, 2.45) is 11.3 Å². The van der Waals surface area contributed by atoms with Gasteiger partial charge in [-0.05, 0) is 68.1 Å².